The van der Waals surface area contributed by atoms with Crippen LogP contribution in [-0.4, -0.2) is 10.9 Å². The Hall–Kier alpha value is -1.87. The van der Waals surface area contributed by atoms with Crippen LogP contribution in [0, 0.1) is 0 Å². The molecule has 0 spiro atoms. The van der Waals surface area contributed by atoms with Gasteiger partial charge >= 0.3 is 0 Å². The van der Waals surface area contributed by atoms with Gasteiger partial charge in [-0.3, -0.25) is 4.79 Å². The van der Waals surface area contributed by atoms with E-state index in [1.54, 1.807) is 18.3 Å². The molecule has 0 aliphatic carbocycles. The van der Waals surface area contributed by atoms with Gasteiger partial charge in [0.15, 0.2) is 0 Å². The first-order valence-electron chi connectivity index (χ1n) is 6.18. The second-order valence-electron chi connectivity index (χ2n) is 4.15. The summed E-state index contributed by atoms with van der Waals surface area (Å²) in [7, 11) is 0. The van der Waals surface area contributed by atoms with E-state index in [9.17, 15) is 4.79 Å². The van der Waals surface area contributed by atoms with Gasteiger partial charge in [-0.05, 0) is 29.7 Å². The van der Waals surface area contributed by atoms with Gasteiger partial charge in [-0.2, -0.15) is 0 Å². The number of benzene rings is 1. The number of nitrogens with one attached hydrogen (secondary N) is 1. The third kappa shape index (κ3) is 3.32. The largest absolute Gasteiger partial charge is 0.348 e. The van der Waals surface area contributed by atoms with Crippen LogP contribution in [0.25, 0.3) is 0 Å². The van der Waals surface area contributed by atoms with Crippen molar-refractivity contribution < 1.29 is 4.79 Å². The molecular formula is C15H15ClN2O. The summed E-state index contributed by atoms with van der Waals surface area (Å²) >= 11 is 5.89. The lowest BCUT2D eigenvalue weighted by Crippen LogP contribution is -2.23. The van der Waals surface area contributed by atoms with Gasteiger partial charge in [0, 0.05) is 12.7 Å². The number of hydrogen-bond acceptors (Lipinski definition) is 2. The highest BCUT2D eigenvalue weighted by atomic mass is 35.5. The summed E-state index contributed by atoms with van der Waals surface area (Å²) in [6, 6.07) is 11.4. The summed E-state index contributed by atoms with van der Waals surface area (Å²) in [5.41, 5.74) is 2.76. The van der Waals surface area contributed by atoms with Crippen molar-refractivity contribution in [3.8, 4) is 0 Å². The first-order chi connectivity index (χ1) is 9.22. The molecule has 2 rings (SSSR count). The van der Waals surface area contributed by atoms with E-state index < -0.39 is 0 Å². The second kappa shape index (κ2) is 6.34. The first kappa shape index (κ1) is 13.6. The maximum atomic E-state index is 12.0. The SMILES string of the molecule is CCc1ccccc1CNC(=O)c1cccnc1Cl. The molecule has 0 aliphatic heterocycles. The Morgan fingerprint density at radius 3 is 2.63 bits per heavy atom. The molecule has 0 saturated heterocycles. The van der Waals surface area contributed by atoms with E-state index in [-0.39, 0.29) is 11.1 Å². The topological polar surface area (TPSA) is 42.0 Å². The molecular weight excluding hydrogens is 260 g/mol. The lowest BCUT2D eigenvalue weighted by molar-refractivity contribution is 0.0950. The highest BCUT2D eigenvalue weighted by molar-refractivity contribution is 6.32. The van der Waals surface area contributed by atoms with E-state index in [0.717, 1.165) is 12.0 Å². The minimum absolute atomic E-state index is 0.205. The average molecular weight is 275 g/mol. The van der Waals surface area contributed by atoms with Crippen molar-refractivity contribution in [1.29, 1.82) is 0 Å². The fourth-order valence-corrected chi connectivity index (χ4v) is 2.11. The summed E-state index contributed by atoms with van der Waals surface area (Å²) < 4.78 is 0. The van der Waals surface area contributed by atoms with Gasteiger partial charge in [0.25, 0.3) is 5.91 Å². The average Bonchev–Trinajstić information content (AvgIpc) is 2.45. The van der Waals surface area contributed by atoms with Crippen molar-refractivity contribution in [2.24, 2.45) is 0 Å². The number of hydrogen-bond donors (Lipinski definition) is 1. The number of halogens is 1. The van der Waals surface area contributed by atoms with E-state index in [1.807, 2.05) is 18.2 Å². The monoisotopic (exact) mass is 274 g/mol. The van der Waals surface area contributed by atoms with E-state index in [2.05, 4.69) is 23.3 Å². The van der Waals surface area contributed by atoms with Gasteiger partial charge in [-0.1, -0.05) is 42.8 Å². The molecule has 0 bridgehead atoms. The van der Waals surface area contributed by atoms with Gasteiger partial charge in [0.05, 0.1) is 5.56 Å². The molecule has 1 aromatic carbocycles. The molecule has 4 heteroatoms. The molecule has 0 unspecified atom stereocenters. The van der Waals surface area contributed by atoms with Crippen molar-refractivity contribution in [3.63, 3.8) is 0 Å². The van der Waals surface area contributed by atoms with E-state index in [1.165, 1.54) is 5.56 Å². The van der Waals surface area contributed by atoms with Crippen LogP contribution in [0.4, 0.5) is 0 Å². The minimum Gasteiger partial charge on any atom is -0.348 e. The highest BCUT2D eigenvalue weighted by Crippen LogP contribution is 2.13. The van der Waals surface area contributed by atoms with Crippen molar-refractivity contribution in [1.82, 2.24) is 10.3 Å². The van der Waals surface area contributed by atoms with Crippen LogP contribution in [0.2, 0.25) is 5.15 Å². The van der Waals surface area contributed by atoms with Crippen LogP contribution in [-0.2, 0) is 13.0 Å². The summed E-state index contributed by atoms with van der Waals surface area (Å²) in [5.74, 6) is -0.205. The third-order valence-corrected chi connectivity index (χ3v) is 3.24. The Morgan fingerprint density at radius 1 is 1.21 bits per heavy atom. The third-order valence-electron chi connectivity index (χ3n) is 2.94. The number of nitrogens with zero attached hydrogens (tertiary/aromatic N) is 1. The predicted octanol–water partition coefficient (Wildman–Crippen LogP) is 3.23. The number of carbonyl (C=O) groups is 1. The summed E-state index contributed by atoms with van der Waals surface area (Å²) in [6.07, 6.45) is 2.51. The minimum atomic E-state index is -0.205. The van der Waals surface area contributed by atoms with Crippen LogP contribution in [0.5, 0.6) is 0 Å². The summed E-state index contributed by atoms with van der Waals surface area (Å²) in [4.78, 5) is 15.9. The number of carbonyl (C=O) groups excluding carboxylic acids is 1. The Labute approximate surface area is 117 Å². The van der Waals surface area contributed by atoms with Gasteiger partial charge < -0.3 is 5.32 Å². The fraction of sp³-hybridized carbons (Fsp3) is 0.200. The zero-order valence-electron chi connectivity index (χ0n) is 10.7. The zero-order valence-corrected chi connectivity index (χ0v) is 11.4. The number of amides is 1. The highest BCUT2D eigenvalue weighted by Gasteiger charge is 2.10. The van der Waals surface area contributed by atoms with Gasteiger partial charge in [-0.25, -0.2) is 4.98 Å². The standard InChI is InChI=1S/C15H15ClN2O/c1-2-11-6-3-4-7-12(11)10-18-15(19)13-8-5-9-17-14(13)16/h3-9H,2,10H2,1H3,(H,18,19). The van der Waals surface area contributed by atoms with Crippen molar-refractivity contribution in [3.05, 3.63) is 64.4 Å². The molecule has 19 heavy (non-hydrogen) atoms. The number of rotatable bonds is 4. The van der Waals surface area contributed by atoms with E-state index in [0.29, 0.717) is 12.1 Å². The molecule has 0 fully saturated rings. The predicted molar refractivity (Wildman–Crippen MR) is 76.2 cm³/mol. The molecule has 1 heterocycles. The molecule has 98 valence electrons. The Balaban J connectivity index is 2.07. The van der Waals surface area contributed by atoms with E-state index >= 15 is 0 Å². The zero-order chi connectivity index (χ0) is 13.7. The Bertz CT molecular complexity index is 584. The van der Waals surface area contributed by atoms with Crippen LogP contribution >= 0.6 is 11.6 Å². The van der Waals surface area contributed by atoms with Crippen molar-refractivity contribution >= 4 is 17.5 Å². The number of pyridine rings is 1. The molecule has 0 atom stereocenters. The molecule has 0 radical (unpaired) electrons. The Morgan fingerprint density at radius 2 is 1.95 bits per heavy atom. The Kier molecular flexibility index (Phi) is 4.53. The second-order valence-corrected chi connectivity index (χ2v) is 4.50. The fourth-order valence-electron chi connectivity index (χ4n) is 1.90. The number of aromatic nitrogens is 1. The van der Waals surface area contributed by atoms with Gasteiger partial charge in [0.1, 0.15) is 5.15 Å². The summed E-state index contributed by atoms with van der Waals surface area (Å²) in [6.45, 7) is 2.59. The number of aryl methyl sites for hydroxylation is 1. The van der Waals surface area contributed by atoms with Crippen LogP contribution in [0.15, 0.2) is 42.6 Å². The van der Waals surface area contributed by atoms with Gasteiger partial charge in [0.2, 0.25) is 0 Å². The quantitative estimate of drug-likeness (QED) is 0.870. The maximum Gasteiger partial charge on any atom is 0.254 e. The smallest absolute Gasteiger partial charge is 0.254 e. The van der Waals surface area contributed by atoms with Crippen molar-refractivity contribution in [2.75, 3.05) is 0 Å². The molecule has 1 N–H and O–H groups in total. The van der Waals surface area contributed by atoms with Crippen LogP contribution < -0.4 is 5.32 Å². The normalized spacial score (nSPS) is 10.2. The molecule has 0 aliphatic rings. The van der Waals surface area contributed by atoms with Gasteiger partial charge in [-0.15, -0.1) is 0 Å². The van der Waals surface area contributed by atoms with Crippen LogP contribution in [0.3, 0.4) is 0 Å². The molecule has 1 aromatic heterocycles. The lowest BCUT2D eigenvalue weighted by atomic mass is 10.1. The lowest BCUT2D eigenvalue weighted by Gasteiger charge is -2.09. The molecule has 1 amide bonds. The first-order valence-corrected chi connectivity index (χ1v) is 6.55. The maximum absolute atomic E-state index is 12.0. The van der Waals surface area contributed by atoms with Crippen molar-refractivity contribution in [2.45, 2.75) is 19.9 Å². The molecule has 2 aromatic rings. The molecule has 3 nitrogen and oxygen atoms in total. The van der Waals surface area contributed by atoms with Crippen LogP contribution in [0.1, 0.15) is 28.4 Å². The van der Waals surface area contributed by atoms with E-state index in [4.69, 9.17) is 11.6 Å². The summed E-state index contributed by atoms with van der Waals surface area (Å²) in [5, 5.41) is 3.09. The molecule has 0 saturated carbocycles.